The summed E-state index contributed by atoms with van der Waals surface area (Å²) in [6.45, 7) is 0. The SMILES string of the molecule is FC(F)C(F)(F)c1nc(CCl)no1. The molecule has 0 aliphatic heterocycles. The van der Waals surface area contributed by atoms with Gasteiger partial charge < -0.3 is 4.52 Å². The van der Waals surface area contributed by atoms with Gasteiger partial charge in [-0.15, -0.1) is 11.6 Å². The van der Waals surface area contributed by atoms with Gasteiger partial charge in [0.25, 0.3) is 0 Å². The largest absolute Gasteiger partial charge is 0.383 e. The van der Waals surface area contributed by atoms with E-state index in [9.17, 15) is 17.6 Å². The van der Waals surface area contributed by atoms with Crippen LogP contribution in [0.3, 0.4) is 0 Å². The van der Waals surface area contributed by atoms with E-state index >= 15 is 0 Å². The van der Waals surface area contributed by atoms with Crippen molar-refractivity contribution in [1.29, 1.82) is 0 Å². The second kappa shape index (κ2) is 3.49. The zero-order valence-corrected chi connectivity index (χ0v) is 6.73. The van der Waals surface area contributed by atoms with Gasteiger partial charge in [0.05, 0.1) is 5.88 Å². The summed E-state index contributed by atoms with van der Waals surface area (Å²) in [5.41, 5.74) is 0. The van der Waals surface area contributed by atoms with Crippen LogP contribution in [-0.4, -0.2) is 16.6 Å². The highest BCUT2D eigenvalue weighted by Crippen LogP contribution is 2.33. The minimum atomic E-state index is -4.42. The molecule has 0 aliphatic rings. The molecule has 1 heterocycles. The maximum Gasteiger partial charge on any atom is 0.383 e. The number of hydrogen-bond donors (Lipinski definition) is 0. The maximum absolute atomic E-state index is 12.4. The monoisotopic (exact) mass is 218 g/mol. The van der Waals surface area contributed by atoms with Gasteiger partial charge in [0.2, 0.25) is 0 Å². The molecule has 0 fully saturated rings. The number of hydrogen-bond acceptors (Lipinski definition) is 3. The molecule has 1 rings (SSSR count). The topological polar surface area (TPSA) is 38.9 Å². The third kappa shape index (κ3) is 1.90. The first-order chi connectivity index (χ1) is 5.98. The summed E-state index contributed by atoms with van der Waals surface area (Å²) in [5.74, 6) is -6.37. The Morgan fingerprint density at radius 3 is 2.46 bits per heavy atom. The first-order valence-corrected chi connectivity index (χ1v) is 3.57. The molecule has 0 aromatic carbocycles. The van der Waals surface area contributed by atoms with E-state index in [-0.39, 0.29) is 11.7 Å². The van der Waals surface area contributed by atoms with E-state index < -0.39 is 18.2 Å². The number of halogens is 5. The minimum Gasteiger partial charge on any atom is -0.332 e. The molecule has 0 unspecified atom stereocenters. The number of alkyl halides is 5. The van der Waals surface area contributed by atoms with E-state index in [0.717, 1.165) is 0 Å². The minimum absolute atomic E-state index is 0.253. The highest BCUT2D eigenvalue weighted by Gasteiger charge is 2.48. The van der Waals surface area contributed by atoms with Crippen LogP contribution in [0.25, 0.3) is 0 Å². The Hall–Kier alpha value is -0.850. The van der Waals surface area contributed by atoms with Crippen LogP contribution in [0.1, 0.15) is 11.7 Å². The number of rotatable bonds is 3. The van der Waals surface area contributed by atoms with Crippen molar-refractivity contribution in [3.8, 4) is 0 Å². The maximum atomic E-state index is 12.4. The molecule has 0 radical (unpaired) electrons. The highest BCUT2D eigenvalue weighted by molar-refractivity contribution is 6.16. The zero-order chi connectivity index (χ0) is 10.1. The molecule has 3 nitrogen and oxygen atoms in total. The van der Waals surface area contributed by atoms with E-state index in [0.29, 0.717) is 0 Å². The summed E-state index contributed by atoms with van der Waals surface area (Å²) in [6.07, 6.45) is -3.88. The van der Waals surface area contributed by atoms with E-state index in [1.165, 1.54) is 0 Å². The lowest BCUT2D eigenvalue weighted by Crippen LogP contribution is -2.23. The van der Waals surface area contributed by atoms with Gasteiger partial charge in [0, 0.05) is 0 Å². The van der Waals surface area contributed by atoms with Crippen molar-refractivity contribution >= 4 is 11.6 Å². The van der Waals surface area contributed by atoms with Gasteiger partial charge in [-0.05, 0) is 0 Å². The van der Waals surface area contributed by atoms with Gasteiger partial charge in [-0.3, -0.25) is 0 Å². The first-order valence-electron chi connectivity index (χ1n) is 3.03. The third-order valence-electron chi connectivity index (χ3n) is 1.15. The molecule has 0 aliphatic carbocycles. The Balaban J connectivity index is 2.93. The Morgan fingerprint density at radius 2 is 2.08 bits per heavy atom. The second-order valence-electron chi connectivity index (χ2n) is 2.07. The van der Waals surface area contributed by atoms with E-state index in [2.05, 4.69) is 14.7 Å². The molecule has 0 atom stereocenters. The van der Waals surface area contributed by atoms with E-state index in [1.54, 1.807) is 0 Å². The molecule has 0 saturated carbocycles. The predicted octanol–water partition coefficient (Wildman–Crippen LogP) is 2.17. The van der Waals surface area contributed by atoms with Crippen LogP contribution in [0.15, 0.2) is 4.52 Å². The quantitative estimate of drug-likeness (QED) is 0.577. The summed E-state index contributed by atoms with van der Waals surface area (Å²) in [5, 5.41) is 2.95. The van der Waals surface area contributed by atoms with E-state index in [4.69, 9.17) is 11.6 Å². The van der Waals surface area contributed by atoms with Crippen LogP contribution in [0, 0.1) is 0 Å². The fourth-order valence-electron chi connectivity index (χ4n) is 0.537. The fraction of sp³-hybridized carbons (Fsp3) is 0.600. The lowest BCUT2D eigenvalue weighted by Gasteiger charge is -2.08. The van der Waals surface area contributed by atoms with Crippen molar-refractivity contribution in [1.82, 2.24) is 10.1 Å². The number of nitrogens with zero attached hydrogens (tertiary/aromatic N) is 2. The van der Waals surface area contributed by atoms with Crippen molar-refractivity contribution in [2.75, 3.05) is 0 Å². The number of aromatic nitrogens is 2. The van der Waals surface area contributed by atoms with Gasteiger partial charge in [-0.1, -0.05) is 5.16 Å². The van der Waals surface area contributed by atoms with Crippen LogP contribution in [0.5, 0.6) is 0 Å². The first kappa shape index (κ1) is 10.2. The van der Waals surface area contributed by atoms with Gasteiger partial charge in [-0.25, -0.2) is 8.78 Å². The molecule has 0 saturated heterocycles. The average Bonchev–Trinajstić information content (AvgIpc) is 2.51. The summed E-state index contributed by atoms with van der Waals surface area (Å²) >= 11 is 5.15. The molecular formula is C5H3ClF4N2O. The Labute approximate surface area is 74.7 Å². The third-order valence-corrected chi connectivity index (χ3v) is 1.39. The van der Waals surface area contributed by atoms with Crippen molar-refractivity contribution in [3.63, 3.8) is 0 Å². The van der Waals surface area contributed by atoms with Crippen LogP contribution in [0.4, 0.5) is 17.6 Å². The molecule has 1 aromatic heterocycles. The molecule has 74 valence electrons. The molecule has 0 N–H and O–H groups in total. The van der Waals surface area contributed by atoms with Crippen molar-refractivity contribution < 1.29 is 22.1 Å². The van der Waals surface area contributed by atoms with Crippen LogP contribution < -0.4 is 0 Å². The Morgan fingerprint density at radius 1 is 1.46 bits per heavy atom. The van der Waals surface area contributed by atoms with Crippen molar-refractivity contribution in [2.45, 2.75) is 18.2 Å². The molecule has 0 bridgehead atoms. The fourth-order valence-corrected chi connectivity index (χ4v) is 0.646. The molecule has 13 heavy (non-hydrogen) atoms. The Kier molecular flexibility index (Phi) is 2.74. The average molecular weight is 219 g/mol. The van der Waals surface area contributed by atoms with Gasteiger partial charge >= 0.3 is 18.2 Å². The molecule has 1 aromatic rings. The molecule has 0 amide bonds. The molecule has 8 heteroatoms. The smallest absolute Gasteiger partial charge is 0.332 e. The predicted molar refractivity (Wildman–Crippen MR) is 33.8 cm³/mol. The van der Waals surface area contributed by atoms with Gasteiger partial charge in [0.15, 0.2) is 5.82 Å². The zero-order valence-electron chi connectivity index (χ0n) is 5.98. The summed E-state index contributed by atoms with van der Waals surface area (Å²) in [6, 6.07) is 0. The van der Waals surface area contributed by atoms with Crippen molar-refractivity contribution in [3.05, 3.63) is 11.7 Å². The molecular weight excluding hydrogens is 216 g/mol. The van der Waals surface area contributed by atoms with Gasteiger partial charge in [0.1, 0.15) is 0 Å². The normalized spacial score (nSPS) is 12.5. The summed E-state index contributed by atoms with van der Waals surface area (Å²) in [4.78, 5) is 2.98. The molecule has 0 spiro atoms. The van der Waals surface area contributed by atoms with E-state index in [1.807, 2.05) is 0 Å². The lowest BCUT2D eigenvalue weighted by molar-refractivity contribution is -0.152. The lowest BCUT2D eigenvalue weighted by atomic mass is 10.3. The van der Waals surface area contributed by atoms with Crippen molar-refractivity contribution in [2.24, 2.45) is 0 Å². The highest BCUT2D eigenvalue weighted by atomic mass is 35.5. The van der Waals surface area contributed by atoms with Crippen LogP contribution >= 0.6 is 11.6 Å². The van der Waals surface area contributed by atoms with Crippen LogP contribution in [0.2, 0.25) is 0 Å². The summed E-state index contributed by atoms with van der Waals surface area (Å²) in [7, 11) is 0. The standard InChI is InChI=1S/C5H3ClF4N2O/c6-1-2-11-4(13-12-2)5(9,10)3(7)8/h3H,1H2. The summed E-state index contributed by atoms with van der Waals surface area (Å²) < 4.78 is 52.2. The van der Waals surface area contributed by atoms with Crippen LogP contribution in [-0.2, 0) is 11.8 Å². The van der Waals surface area contributed by atoms with Gasteiger partial charge in [-0.2, -0.15) is 13.8 Å². The second-order valence-corrected chi connectivity index (χ2v) is 2.34. The Bertz CT molecular complexity index is 290.